The number of carbonyl (C=O) groups is 1. The highest BCUT2D eigenvalue weighted by molar-refractivity contribution is 6.36. The second-order valence-corrected chi connectivity index (χ2v) is 4.72. The zero-order valence-electron chi connectivity index (χ0n) is 8.51. The first kappa shape index (κ1) is 12.5. The van der Waals surface area contributed by atoms with Gasteiger partial charge in [0.15, 0.2) is 0 Å². The maximum Gasteiger partial charge on any atom is 0.254 e. The molecule has 1 heterocycles. The van der Waals surface area contributed by atoms with Crippen LogP contribution in [0.25, 0.3) is 0 Å². The van der Waals surface area contributed by atoms with Gasteiger partial charge < -0.3 is 5.32 Å². The monoisotopic (exact) mass is 280 g/mol. The van der Waals surface area contributed by atoms with Crippen LogP contribution in [0.3, 0.4) is 0 Å². The predicted octanol–water partition coefficient (Wildman–Crippen LogP) is 2.92. The van der Waals surface area contributed by atoms with Gasteiger partial charge >= 0.3 is 0 Å². The first-order valence-corrected chi connectivity index (χ1v) is 5.63. The molecule has 1 aromatic heterocycles. The Morgan fingerprint density at radius 3 is 2.65 bits per heavy atom. The number of aromatic nitrogens is 1. The molecule has 1 fully saturated rings. The molecule has 0 radical (unpaired) electrons. The SMILES string of the molecule is O=C(NC1CC(F)(F)C1)c1cnc(Cl)cc1Cl. The van der Waals surface area contributed by atoms with Crippen molar-refractivity contribution in [1.82, 2.24) is 10.3 Å². The highest BCUT2D eigenvalue weighted by Gasteiger charge is 2.46. The predicted molar refractivity (Wildman–Crippen MR) is 59.7 cm³/mol. The minimum atomic E-state index is -2.67. The standard InChI is InChI=1S/C10H8Cl2F2N2O/c11-7-1-8(12)15-4-6(7)9(17)16-5-2-10(13,14)3-5/h1,4-5H,2-3H2,(H,16,17). The summed E-state index contributed by atoms with van der Waals surface area (Å²) < 4.78 is 25.1. The van der Waals surface area contributed by atoms with E-state index in [0.717, 1.165) is 0 Å². The summed E-state index contributed by atoms with van der Waals surface area (Å²) in [7, 11) is 0. The van der Waals surface area contributed by atoms with E-state index in [0.29, 0.717) is 0 Å². The molecule has 0 unspecified atom stereocenters. The lowest BCUT2D eigenvalue weighted by atomic mass is 9.88. The Hall–Kier alpha value is -0.940. The van der Waals surface area contributed by atoms with Gasteiger partial charge in [0.05, 0.1) is 10.6 Å². The quantitative estimate of drug-likeness (QED) is 0.847. The van der Waals surface area contributed by atoms with Crippen LogP contribution in [0.5, 0.6) is 0 Å². The van der Waals surface area contributed by atoms with E-state index in [9.17, 15) is 13.6 Å². The fraction of sp³-hybridized carbons (Fsp3) is 0.400. The molecule has 0 bridgehead atoms. The van der Waals surface area contributed by atoms with Crippen molar-refractivity contribution in [3.63, 3.8) is 0 Å². The van der Waals surface area contributed by atoms with E-state index in [4.69, 9.17) is 23.2 Å². The number of alkyl halides is 2. The van der Waals surface area contributed by atoms with Gasteiger partial charge in [-0.25, -0.2) is 13.8 Å². The zero-order chi connectivity index (χ0) is 12.6. The minimum absolute atomic E-state index is 0.131. The lowest BCUT2D eigenvalue weighted by Gasteiger charge is -2.35. The van der Waals surface area contributed by atoms with Crippen molar-refractivity contribution in [3.8, 4) is 0 Å². The molecule has 1 saturated carbocycles. The van der Waals surface area contributed by atoms with Gasteiger partial charge in [0.2, 0.25) is 0 Å². The third-order valence-corrected chi connectivity index (χ3v) is 3.01. The molecular weight excluding hydrogens is 273 g/mol. The molecule has 1 aliphatic carbocycles. The molecule has 0 saturated heterocycles. The molecule has 1 N–H and O–H groups in total. The summed E-state index contributed by atoms with van der Waals surface area (Å²) in [6.45, 7) is 0. The number of carbonyl (C=O) groups excluding carboxylic acids is 1. The van der Waals surface area contributed by atoms with Gasteiger partial charge in [-0.15, -0.1) is 0 Å². The third kappa shape index (κ3) is 2.84. The van der Waals surface area contributed by atoms with Crippen molar-refractivity contribution in [2.45, 2.75) is 24.8 Å². The van der Waals surface area contributed by atoms with Crippen LogP contribution in [-0.2, 0) is 0 Å². The number of rotatable bonds is 2. The number of hydrogen-bond acceptors (Lipinski definition) is 2. The number of nitrogens with zero attached hydrogens (tertiary/aromatic N) is 1. The molecule has 3 nitrogen and oxygen atoms in total. The van der Waals surface area contributed by atoms with Crippen LogP contribution in [0.2, 0.25) is 10.2 Å². The van der Waals surface area contributed by atoms with Gasteiger partial charge in [-0.2, -0.15) is 0 Å². The Bertz CT molecular complexity index is 460. The fourth-order valence-electron chi connectivity index (χ4n) is 1.60. The van der Waals surface area contributed by atoms with Gasteiger partial charge in [-0.3, -0.25) is 4.79 Å². The molecule has 0 aliphatic heterocycles. The van der Waals surface area contributed by atoms with Crippen molar-refractivity contribution in [1.29, 1.82) is 0 Å². The third-order valence-electron chi connectivity index (χ3n) is 2.49. The smallest absolute Gasteiger partial charge is 0.254 e. The average molecular weight is 281 g/mol. The van der Waals surface area contributed by atoms with E-state index < -0.39 is 17.9 Å². The summed E-state index contributed by atoms with van der Waals surface area (Å²) in [5.41, 5.74) is 0.131. The molecule has 0 aromatic carbocycles. The van der Waals surface area contributed by atoms with E-state index in [1.165, 1.54) is 12.3 Å². The van der Waals surface area contributed by atoms with E-state index in [2.05, 4.69) is 10.3 Å². The van der Waals surface area contributed by atoms with Gasteiger partial charge in [0.1, 0.15) is 5.15 Å². The van der Waals surface area contributed by atoms with Crippen LogP contribution in [-0.4, -0.2) is 22.9 Å². The molecule has 0 atom stereocenters. The second-order valence-electron chi connectivity index (χ2n) is 3.92. The normalized spacial score (nSPS) is 18.6. The topological polar surface area (TPSA) is 42.0 Å². The number of pyridine rings is 1. The molecule has 1 aromatic rings. The van der Waals surface area contributed by atoms with Gasteiger partial charge in [0.25, 0.3) is 11.8 Å². The lowest BCUT2D eigenvalue weighted by Crippen LogP contribution is -2.50. The Morgan fingerprint density at radius 1 is 1.47 bits per heavy atom. The van der Waals surface area contributed by atoms with Crippen LogP contribution in [0.15, 0.2) is 12.3 Å². The zero-order valence-corrected chi connectivity index (χ0v) is 10.0. The van der Waals surface area contributed by atoms with Crippen molar-refractivity contribution < 1.29 is 13.6 Å². The highest BCUT2D eigenvalue weighted by atomic mass is 35.5. The highest BCUT2D eigenvalue weighted by Crippen LogP contribution is 2.37. The Kier molecular flexibility index (Phi) is 3.23. The van der Waals surface area contributed by atoms with Crippen molar-refractivity contribution in [3.05, 3.63) is 28.0 Å². The van der Waals surface area contributed by atoms with E-state index in [1.54, 1.807) is 0 Å². The number of nitrogens with one attached hydrogen (secondary N) is 1. The van der Waals surface area contributed by atoms with Crippen LogP contribution in [0, 0.1) is 0 Å². The molecule has 0 spiro atoms. The second kappa shape index (κ2) is 4.38. The molecule has 1 amide bonds. The minimum Gasteiger partial charge on any atom is -0.349 e. The molecule has 2 rings (SSSR count). The van der Waals surface area contributed by atoms with Crippen LogP contribution in [0.4, 0.5) is 8.78 Å². The van der Waals surface area contributed by atoms with Crippen molar-refractivity contribution in [2.75, 3.05) is 0 Å². The summed E-state index contributed by atoms with van der Waals surface area (Å²) in [4.78, 5) is 15.4. The van der Waals surface area contributed by atoms with E-state index in [1.807, 2.05) is 0 Å². The Morgan fingerprint density at radius 2 is 2.12 bits per heavy atom. The Balaban J connectivity index is 2.01. The number of amides is 1. The molecule has 7 heteroatoms. The first-order valence-electron chi connectivity index (χ1n) is 4.87. The maximum atomic E-state index is 12.6. The van der Waals surface area contributed by atoms with Gasteiger partial charge in [-0.1, -0.05) is 23.2 Å². The first-order chi connectivity index (χ1) is 7.87. The van der Waals surface area contributed by atoms with E-state index in [-0.39, 0.29) is 28.6 Å². The largest absolute Gasteiger partial charge is 0.349 e. The number of halogens is 4. The molecular formula is C10H8Cl2F2N2O. The summed E-state index contributed by atoms with van der Waals surface area (Å²) in [5.74, 6) is -3.18. The van der Waals surface area contributed by atoms with E-state index >= 15 is 0 Å². The fourth-order valence-corrected chi connectivity index (χ4v) is 2.05. The van der Waals surface area contributed by atoms with Crippen LogP contribution in [0.1, 0.15) is 23.2 Å². The molecule has 17 heavy (non-hydrogen) atoms. The summed E-state index contributed by atoms with van der Waals surface area (Å²) >= 11 is 11.4. The van der Waals surface area contributed by atoms with Crippen LogP contribution < -0.4 is 5.32 Å². The maximum absolute atomic E-state index is 12.6. The van der Waals surface area contributed by atoms with Gasteiger partial charge in [-0.05, 0) is 6.07 Å². The van der Waals surface area contributed by atoms with Crippen molar-refractivity contribution in [2.24, 2.45) is 0 Å². The van der Waals surface area contributed by atoms with Gasteiger partial charge in [0, 0.05) is 25.1 Å². The summed E-state index contributed by atoms with van der Waals surface area (Å²) in [6, 6.07) is 0.817. The Labute approximate surface area is 106 Å². The molecule has 92 valence electrons. The number of hydrogen-bond donors (Lipinski definition) is 1. The van der Waals surface area contributed by atoms with Crippen molar-refractivity contribution >= 4 is 29.1 Å². The lowest BCUT2D eigenvalue weighted by molar-refractivity contribution is -0.0901. The average Bonchev–Trinajstić information content (AvgIpc) is 2.14. The molecule has 1 aliphatic rings. The van der Waals surface area contributed by atoms with Crippen LogP contribution >= 0.6 is 23.2 Å². The summed E-state index contributed by atoms with van der Waals surface area (Å²) in [6.07, 6.45) is 0.547. The summed E-state index contributed by atoms with van der Waals surface area (Å²) in [5, 5.41) is 2.78.